The molecule has 1 saturated heterocycles. The van der Waals surface area contributed by atoms with Gasteiger partial charge in [-0.3, -0.25) is 10.1 Å². The monoisotopic (exact) mass is 442 g/mol. The van der Waals surface area contributed by atoms with Crippen molar-refractivity contribution in [2.24, 2.45) is 11.8 Å². The molecule has 31 heavy (non-hydrogen) atoms. The second-order valence-corrected chi connectivity index (χ2v) is 8.35. The van der Waals surface area contributed by atoms with Gasteiger partial charge in [0.25, 0.3) is 0 Å². The molecule has 2 fully saturated rings. The maximum Gasteiger partial charge on any atom is 0.306 e. The van der Waals surface area contributed by atoms with Crippen molar-refractivity contribution in [3.8, 4) is 0 Å². The minimum atomic E-state index is -0.837. The highest BCUT2D eigenvalue weighted by Gasteiger charge is 2.49. The highest BCUT2D eigenvalue weighted by molar-refractivity contribution is 5.69. The number of fused-ring (bicyclic) bond motifs is 2. The van der Waals surface area contributed by atoms with E-state index in [1.807, 2.05) is 6.08 Å². The summed E-state index contributed by atoms with van der Waals surface area (Å²) < 4.78 is 4.94. The fourth-order valence-electron chi connectivity index (χ4n) is 4.16. The third kappa shape index (κ3) is 8.63. The molecule has 1 aliphatic carbocycles. The Kier molecular flexibility index (Phi) is 12.3. The summed E-state index contributed by atoms with van der Waals surface area (Å²) in [7, 11) is 0. The molecule has 3 N–H and O–H groups in total. The molecule has 5 atom stereocenters. The van der Waals surface area contributed by atoms with E-state index < -0.39 is 12.1 Å². The van der Waals surface area contributed by atoms with Gasteiger partial charge in [-0.15, -0.1) is 0 Å². The van der Waals surface area contributed by atoms with Crippen LogP contribution in [0.15, 0.2) is 24.3 Å². The Morgan fingerprint density at radius 2 is 1.90 bits per heavy atom. The van der Waals surface area contributed by atoms with Crippen molar-refractivity contribution in [1.82, 2.24) is 0 Å². The van der Waals surface area contributed by atoms with E-state index in [1.165, 1.54) is 0 Å². The fraction of sp³-hybridized carbons (Fsp3) is 0.783. The van der Waals surface area contributed by atoms with Gasteiger partial charge in [0.05, 0.1) is 19.3 Å². The zero-order valence-electron chi connectivity index (χ0n) is 18.4. The smallest absolute Gasteiger partial charge is 0.306 e. The number of aliphatic hydroxyl groups is 2. The van der Waals surface area contributed by atoms with E-state index in [9.17, 15) is 4.79 Å². The molecule has 8 nitrogen and oxygen atoms in total. The molecule has 2 rings (SSSR count). The van der Waals surface area contributed by atoms with Crippen LogP contribution in [-0.2, 0) is 24.2 Å². The molecular weight excluding hydrogens is 404 g/mol. The second kappa shape index (κ2) is 14.7. The van der Waals surface area contributed by atoms with Crippen LogP contribution in [0.25, 0.3) is 0 Å². The standard InChI is InChI=1S/C23H38O8/c1-2-3-6-9-17(29-27)12-13-20-19(21-14-22(20)31-30-21)10-7-4-5-8-11-23(26)28-18(15-24)16-25/h4,7,12-13,17-22,24-25,27H,2-3,5-6,8-11,14-16H2,1H3/b7-4-,13-12+/t17-,19+,20+,21-,22+/m0/s1. The van der Waals surface area contributed by atoms with Gasteiger partial charge in [0.2, 0.25) is 0 Å². The number of hydrogen-bond donors (Lipinski definition) is 3. The number of unbranched alkanes of at least 4 members (excludes halogenated alkanes) is 3. The molecule has 2 bridgehead atoms. The van der Waals surface area contributed by atoms with Gasteiger partial charge in [-0.2, -0.15) is 0 Å². The summed E-state index contributed by atoms with van der Waals surface area (Å²) in [5, 5.41) is 27.0. The van der Waals surface area contributed by atoms with Gasteiger partial charge in [0, 0.05) is 24.7 Å². The Morgan fingerprint density at radius 3 is 2.61 bits per heavy atom. The predicted molar refractivity (Wildman–Crippen MR) is 114 cm³/mol. The van der Waals surface area contributed by atoms with E-state index >= 15 is 0 Å². The van der Waals surface area contributed by atoms with Crippen LogP contribution in [0.2, 0.25) is 0 Å². The van der Waals surface area contributed by atoms with Crippen molar-refractivity contribution >= 4 is 5.97 Å². The highest BCUT2D eigenvalue weighted by atomic mass is 17.2. The molecule has 0 unspecified atom stereocenters. The van der Waals surface area contributed by atoms with Crippen LogP contribution < -0.4 is 0 Å². The van der Waals surface area contributed by atoms with Crippen molar-refractivity contribution in [3.05, 3.63) is 24.3 Å². The van der Waals surface area contributed by atoms with Crippen LogP contribution in [-0.4, -0.2) is 59.1 Å². The number of aliphatic hydroxyl groups excluding tert-OH is 2. The summed E-state index contributed by atoms with van der Waals surface area (Å²) in [4.78, 5) is 27.1. The van der Waals surface area contributed by atoms with E-state index in [0.717, 1.165) is 44.9 Å². The number of carbonyl (C=O) groups excluding carboxylic acids is 1. The molecule has 1 aliphatic heterocycles. The Balaban J connectivity index is 1.74. The number of carbonyl (C=O) groups is 1. The lowest BCUT2D eigenvalue weighted by molar-refractivity contribution is -0.336. The van der Waals surface area contributed by atoms with Gasteiger partial charge >= 0.3 is 5.97 Å². The zero-order chi connectivity index (χ0) is 22.5. The summed E-state index contributed by atoms with van der Waals surface area (Å²) in [6, 6.07) is 0. The van der Waals surface area contributed by atoms with E-state index in [0.29, 0.717) is 12.3 Å². The SMILES string of the molecule is CCCCC[C@@H](/C=C/[C@@H]1[C@@H](C/C=C\CCCC(=O)OC(CO)CO)[C@@H]2C[C@H]1OO2)OO. The fourth-order valence-corrected chi connectivity index (χ4v) is 4.16. The van der Waals surface area contributed by atoms with Crippen LogP contribution in [0.1, 0.15) is 64.7 Å². The minimum absolute atomic E-state index is 0.0374. The first-order chi connectivity index (χ1) is 15.1. The Bertz CT molecular complexity index is 560. The molecule has 0 spiro atoms. The van der Waals surface area contributed by atoms with E-state index in [4.69, 9.17) is 30.0 Å². The maximum atomic E-state index is 11.6. The normalized spacial score (nSPS) is 26.5. The van der Waals surface area contributed by atoms with Gasteiger partial charge < -0.3 is 14.9 Å². The highest BCUT2D eigenvalue weighted by Crippen LogP contribution is 2.45. The number of ether oxygens (including phenoxy) is 1. The average molecular weight is 443 g/mol. The summed E-state index contributed by atoms with van der Waals surface area (Å²) in [6.07, 6.45) is 14.6. The van der Waals surface area contributed by atoms with Gasteiger partial charge in [-0.1, -0.05) is 50.5 Å². The number of allylic oxidation sites excluding steroid dienone is 2. The number of esters is 1. The Labute approximate surface area is 184 Å². The Hall–Kier alpha value is -1.29. The van der Waals surface area contributed by atoms with Gasteiger partial charge in [-0.25, -0.2) is 14.7 Å². The molecule has 1 saturated carbocycles. The lowest BCUT2D eigenvalue weighted by Gasteiger charge is -2.27. The van der Waals surface area contributed by atoms with E-state index in [1.54, 1.807) is 0 Å². The molecule has 0 amide bonds. The lowest BCUT2D eigenvalue weighted by Crippen LogP contribution is -2.29. The predicted octanol–water partition coefficient (Wildman–Crippen LogP) is 3.33. The van der Waals surface area contributed by atoms with Crippen LogP contribution in [0, 0.1) is 11.8 Å². The molecular formula is C23H38O8. The molecule has 1 heterocycles. The molecule has 0 aromatic rings. The topological polar surface area (TPSA) is 115 Å². The van der Waals surface area contributed by atoms with Crippen LogP contribution in [0.4, 0.5) is 0 Å². The van der Waals surface area contributed by atoms with Crippen molar-refractivity contribution in [2.75, 3.05) is 13.2 Å². The van der Waals surface area contributed by atoms with Crippen LogP contribution in [0.5, 0.6) is 0 Å². The van der Waals surface area contributed by atoms with E-state index in [2.05, 4.69) is 30.0 Å². The molecule has 0 aromatic carbocycles. The van der Waals surface area contributed by atoms with Crippen LogP contribution >= 0.6 is 0 Å². The Morgan fingerprint density at radius 1 is 1.13 bits per heavy atom. The second-order valence-electron chi connectivity index (χ2n) is 8.35. The van der Waals surface area contributed by atoms with Gasteiger partial charge in [-0.05, 0) is 25.7 Å². The molecule has 0 radical (unpaired) electrons. The largest absolute Gasteiger partial charge is 0.457 e. The van der Waals surface area contributed by atoms with Crippen molar-refractivity contribution in [1.29, 1.82) is 0 Å². The molecule has 178 valence electrons. The third-order valence-corrected chi connectivity index (χ3v) is 5.98. The lowest BCUT2D eigenvalue weighted by atomic mass is 9.89. The van der Waals surface area contributed by atoms with Gasteiger partial charge in [0.15, 0.2) is 0 Å². The average Bonchev–Trinajstić information content (AvgIpc) is 3.38. The van der Waals surface area contributed by atoms with Gasteiger partial charge in [0.1, 0.15) is 18.3 Å². The summed E-state index contributed by atoms with van der Waals surface area (Å²) in [5.74, 6) is 0.113. The number of rotatable bonds is 16. The molecule has 0 aromatic heterocycles. The summed E-state index contributed by atoms with van der Waals surface area (Å²) in [6.45, 7) is 1.39. The summed E-state index contributed by atoms with van der Waals surface area (Å²) in [5.41, 5.74) is 0. The van der Waals surface area contributed by atoms with Crippen LogP contribution in [0.3, 0.4) is 0 Å². The molecule has 8 heteroatoms. The minimum Gasteiger partial charge on any atom is -0.457 e. The molecule has 2 aliphatic rings. The van der Waals surface area contributed by atoms with E-state index in [-0.39, 0.29) is 43.9 Å². The first-order valence-electron chi connectivity index (χ1n) is 11.5. The third-order valence-electron chi connectivity index (χ3n) is 5.98. The summed E-state index contributed by atoms with van der Waals surface area (Å²) >= 11 is 0. The number of hydrogen-bond acceptors (Lipinski definition) is 8. The van der Waals surface area contributed by atoms with Crippen molar-refractivity contribution in [2.45, 2.75) is 89.1 Å². The van der Waals surface area contributed by atoms with Crippen molar-refractivity contribution < 1.29 is 39.7 Å². The zero-order valence-corrected chi connectivity index (χ0v) is 18.4. The maximum absolute atomic E-state index is 11.6. The first-order valence-corrected chi connectivity index (χ1v) is 11.5. The quantitative estimate of drug-likeness (QED) is 0.110. The van der Waals surface area contributed by atoms with Crippen molar-refractivity contribution in [3.63, 3.8) is 0 Å². The first kappa shape index (κ1) is 26.0.